The largest absolute Gasteiger partial charge is 0.367 e. The minimum Gasteiger partial charge on any atom is -0.367 e. The molecule has 0 aliphatic heterocycles. The summed E-state index contributed by atoms with van der Waals surface area (Å²) >= 11 is 0. The summed E-state index contributed by atoms with van der Waals surface area (Å²) in [6.07, 6.45) is 10.5. The number of hydrogen-bond acceptors (Lipinski definition) is 3. The highest BCUT2D eigenvalue weighted by Crippen LogP contribution is 2.25. The summed E-state index contributed by atoms with van der Waals surface area (Å²) in [5.41, 5.74) is 2.42. The van der Waals surface area contributed by atoms with Crippen molar-refractivity contribution in [3.8, 4) is 0 Å². The highest BCUT2D eigenvalue weighted by molar-refractivity contribution is 5.89. The van der Waals surface area contributed by atoms with Gasteiger partial charge in [-0.1, -0.05) is 38.7 Å². The fraction of sp³-hybridized carbons (Fsp3) is 0.529. The second kappa shape index (κ2) is 6.21. The number of aryl methyl sites for hydroxylation is 1. The Labute approximate surface area is 120 Å². The van der Waals surface area contributed by atoms with Gasteiger partial charge in [0.15, 0.2) is 0 Å². The molecule has 0 bridgehead atoms. The number of fused-ring (bicyclic) bond motifs is 1. The van der Waals surface area contributed by atoms with E-state index >= 15 is 0 Å². The predicted octanol–water partition coefficient (Wildman–Crippen LogP) is 4.33. The average molecular weight is 269 g/mol. The fourth-order valence-electron chi connectivity index (χ4n) is 3.10. The van der Waals surface area contributed by atoms with E-state index in [1.807, 2.05) is 0 Å². The number of rotatable bonds is 4. The van der Waals surface area contributed by atoms with Crippen LogP contribution >= 0.6 is 0 Å². The van der Waals surface area contributed by atoms with Crippen LogP contribution in [0.15, 0.2) is 24.5 Å². The second-order valence-corrected chi connectivity index (χ2v) is 5.80. The van der Waals surface area contributed by atoms with Gasteiger partial charge in [-0.15, -0.1) is 0 Å². The van der Waals surface area contributed by atoms with Gasteiger partial charge in [0.1, 0.15) is 12.1 Å². The molecule has 3 nitrogen and oxygen atoms in total. The molecule has 0 spiro atoms. The molecule has 1 saturated carbocycles. The molecular formula is C17H23N3. The third-order valence-electron chi connectivity index (χ3n) is 4.18. The minimum absolute atomic E-state index is 0.580. The molecule has 1 aromatic heterocycles. The fourth-order valence-corrected chi connectivity index (χ4v) is 3.10. The Kier molecular flexibility index (Phi) is 4.14. The summed E-state index contributed by atoms with van der Waals surface area (Å²) in [6.45, 7) is 2.22. The van der Waals surface area contributed by atoms with Crippen molar-refractivity contribution in [3.05, 3.63) is 30.1 Å². The van der Waals surface area contributed by atoms with Crippen molar-refractivity contribution in [2.24, 2.45) is 0 Å². The first-order valence-corrected chi connectivity index (χ1v) is 7.87. The van der Waals surface area contributed by atoms with Crippen LogP contribution < -0.4 is 5.32 Å². The number of nitrogens with one attached hydrogen (secondary N) is 1. The van der Waals surface area contributed by atoms with Crippen LogP contribution in [0.5, 0.6) is 0 Å². The normalized spacial score (nSPS) is 16.4. The molecule has 1 aromatic carbocycles. The number of nitrogens with zero attached hydrogens (tertiary/aromatic N) is 2. The Morgan fingerprint density at radius 1 is 1.15 bits per heavy atom. The maximum absolute atomic E-state index is 4.48. The molecule has 2 aromatic rings. The van der Waals surface area contributed by atoms with Crippen LogP contribution in [0.3, 0.4) is 0 Å². The Hall–Kier alpha value is -1.64. The van der Waals surface area contributed by atoms with Gasteiger partial charge in [-0.25, -0.2) is 9.97 Å². The maximum Gasteiger partial charge on any atom is 0.137 e. The monoisotopic (exact) mass is 269 g/mol. The molecule has 1 aliphatic carbocycles. The van der Waals surface area contributed by atoms with E-state index in [2.05, 4.69) is 40.4 Å². The first-order valence-electron chi connectivity index (χ1n) is 7.87. The second-order valence-electron chi connectivity index (χ2n) is 5.80. The summed E-state index contributed by atoms with van der Waals surface area (Å²) in [7, 11) is 0. The van der Waals surface area contributed by atoms with Crippen molar-refractivity contribution in [3.63, 3.8) is 0 Å². The summed E-state index contributed by atoms with van der Waals surface area (Å²) in [5.74, 6) is 1.01. The van der Waals surface area contributed by atoms with Gasteiger partial charge in [-0.05, 0) is 37.0 Å². The molecule has 1 heterocycles. The van der Waals surface area contributed by atoms with Crippen LogP contribution in [0.2, 0.25) is 0 Å². The van der Waals surface area contributed by atoms with Crippen LogP contribution in [0.1, 0.15) is 51.0 Å². The Bertz CT molecular complexity index is 573. The predicted molar refractivity (Wildman–Crippen MR) is 84.0 cm³/mol. The summed E-state index contributed by atoms with van der Waals surface area (Å²) in [4.78, 5) is 8.87. The first-order chi connectivity index (χ1) is 9.86. The molecule has 0 amide bonds. The van der Waals surface area contributed by atoms with E-state index in [-0.39, 0.29) is 0 Å². The lowest BCUT2D eigenvalue weighted by Crippen LogP contribution is -2.23. The molecule has 3 rings (SSSR count). The van der Waals surface area contributed by atoms with Gasteiger partial charge < -0.3 is 5.32 Å². The zero-order valence-corrected chi connectivity index (χ0v) is 12.2. The lowest BCUT2D eigenvalue weighted by atomic mass is 9.95. The van der Waals surface area contributed by atoms with E-state index in [4.69, 9.17) is 0 Å². The van der Waals surface area contributed by atoms with Crippen LogP contribution in [-0.4, -0.2) is 16.0 Å². The number of benzene rings is 1. The van der Waals surface area contributed by atoms with Gasteiger partial charge >= 0.3 is 0 Å². The summed E-state index contributed by atoms with van der Waals surface area (Å²) < 4.78 is 0. The van der Waals surface area contributed by atoms with E-state index < -0.39 is 0 Å². The number of hydrogen-bond donors (Lipinski definition) is 1. The van der Waals surface area contributed by atoms with E-state index in [0.717, 1.165) is 17.8 Å². The molecule has 0 unspecified atom stereocenters. The van der Waals surface area contributed by atoms with Crippen molar-refractivity contribution in [2.75, 3.05) is 5.32 Å². The van der Waals surface area contributed by atoms with Crippen LogP contribution in [-0.2, 0) is 6.42 Å². The standard InChI is InChI=1S/C17H23N3/c1-2-6-13-9-10-16-15(11-13)17(19-12-18-16)20-14-7-4-3-5-8-14/h9-12,14H,2-8H2,1H3,(H,18,19,20). The van der Waals surface area contributed by atoms with Gasteiger partial charge in [0, 0.05) is 11.4 Å². The van der Waals surface area contributed by atoms with E-state index in [1.54, 1.807) is 6.33 Å². The average Bonchev–Trinajstić information content (AvgIpc) is 2.49. The van der Waals surface area contributed by atoms with Crippen molar-refractivity contribution in [1.29, 1.82) is 0 Å². The van der Waals surface area contributed by atoms with Gasteiger partial charge in [0.25, 0.3) is 0 Å². The zero-order valence-electron chi connectivity index (χ0n) is 12.2. The summed E-state index contributed by atoms with van der Waals surface area (Å²) in [5, 5.41) is 4.81. The molecule has 0 atom stereocenters. The molecule has 20 heavy (non-hydrogen) atoms. The third-order valence-corrected chi connectivity index (χ3v) is 4.18. The minimum atomic E-state index is 0.580. The molecule has 0 radical (unpaired) electrons. The van der Waals surface area contributed by atoms with Gasteiger partial charge in [-0.2, -0.15) is 0 Å². The highest BCUT2D eigenvalue weighted by atomic mass is 15.0. The summed E-state index contributed by atoms with van der Waals surface area (Å²) in [6, 6.07) is 7.14. The van der Waals surface area contributed by atoms with Crippen molar-refractivity contribution in [1.82, 2.24) is 9.97 Å². The van der Waals surface area contributed by atoms with Crippen molar-refractivity contribution in [2.45, 2.75) is 57.9 Å². The highest BCUT2D eigenvalue weighted by Gasteiger charge is 2.15. The SMILES string of the molecule is CCCc1ccc2ncnc(NC3CCCCC3)c2c1. The molecule has 0 saturated heterocycles. The van der Waals surface area contributed by atoms with E-state index in [1.165, 1.54) is 49.5 Å². The van der Waals surface area contributed by atoms with Crippen LogP contribution in [0, 0.1) is 0 Å². The van der Waals surface area contributed by atoms with E-state index in [0.29, 0.717) is 6.04 Å². The molecule has 1 fully saturated rings. The van der Waals surface area contributed by atoms with Gasteiger partial charge in [-0.3, -0.25) is 0 Å². The lowest BCUT2D eigenvalue weighted by molar-refractivity contribution is 0.462. The molecule has 106 valence electrons. The topological polar surface area (TPSA) is 37.8 Å². The molecule has 3 heteroatoms. The lowest BCUT2D eigenvalue weighted by Gasteiger charge is -2.23. The quantitative estimate of drug-likeness (QED) is 0.898. The van der Waals surface area contributed by atoms with E-state index in [9.17, 15) is 0 Å². The Balaban J connectivity index is 1.90. The van der Waals surface area contributed by atoms with Crippen LogP contribution in [0.25, 0.3) is 10.9 Å². The van der Waals surface area contributed by atoms with Gasteiger partial charge in [0.2, 0.25) is 0 Å². The molecule has 1 N–H and O–H groups in total. The van der Waals surface area contributed by atoms with Crippen molar-refractivity contribution < 1.29 is 0 Å². The van der Waals surface area contributed by atoms with Crippen LogP contribution in [0.4, 0.5) is 5.82 Å². The third kappa shape index (κ3) is 2.92. The number of anilines is 1. The maximum atomic E-state index is 4.48. The van der Waals surface area contributed by atoms with Gasteiger partial charge in [0.05, 0.1) is 5.52 Å². The molecule has 1 aliphatic rings. The smallest absolute Gasteiger partial charge is 0.137 e. The Morgan fingerprint density at radius 3 is 2.80 bits per heavy atom. The first kappa shape index (κ1) is 13.3. The van der Waals surface area contributed by atoms with Crippen molar-refractivity contribution >= 4 is 16.7 Å². The number of aromatic nitrogens is 2. The molecular weight excluding hydrogens is 246 g/mol. The Morgan fingerprint density at radius 2 is 2.00 bits per heavy atom. The zero-order chi connectivity index (χ0) is 13.8.